The molecular formula is C18H13N3OS. The zero-order chi connectivity index (χ0) is 15.8. The van der Waals surface area contributed by atoms with E-state index in [9.17, 15) is 4.79 Å². The lowest BCUT2D eigenvalue weighted by atomic mass is 10.1. The first-order chi connectivity index (χ1) is 11.2. The Kier molecular flexibility index (Phi) is 3.20. The van der Waals surface area contributed by atoms with Gasteiger partial charge >= 0.3 is 0 Å². The number of carbonyl (C=O) groups excluding carboxylic acids is 1. The minimum Gasteiger partial charge on any atom is -0.366 e. The first-order valence-electron chi connectivity index (χ1n) is 7.14. The van der Waals surface area contributed by atoms with E-state index < -0.39 is 5.91 Å². The molecule has 0 saturated carbocycles. The quantitative estimate of drug-likeness (QED) is 0.592. The normalized spacial score (nSPS) is 11.0. The van der Waals surface area contributed by atoms with Gasteiger partial charge in [0.1, 0.15) is 5.82 Å². The largest absolute Gasteiger partial charge is 0.366 e. The fraction of sp³-hybridized carbons (Fsp3) is 0. The maximum atomic E-state index is 11.7. The van der Waals surface area contributed by atoms with E-state index in [0.717, 1.165) is 27.7 Å². The SMILES string of the molecule is NC(=O)c1cccc2c1nc(Nc1ccccc1)c1cscc12. The zero-order valence-electron chi connectivity index (χ0n) is 12.1. The van der Waals surface area contributed by atoms with E-state index in [1.54, 1.807) is 17.4 Å². The van der Waals surface area contributed by atoms with Crippen molar-refractivity contribution in [3.05, 3.63) is 64.9 Å². The summed E-state index contributed by atoms with van der Waals surface area (Å²) >= 11 is 1.61. The van der Waals surface area contributed by atoms with E-state index in [1.165, 1.54) is 0 Å². The van der Waals surface area contributed by atoms with Gasteiger partial charge in [-0.2, -0.15) is 11.3 Å². The number of amides is 1. The van der Waals surface area contributed by atoms with Gasteiger partial charge in [0.05, 0.1) is 11.1 Å². The number of hydrogen-bond donors (Lipinski definition) is 2. The van der Waals surface area contributed by atoms with Gasteiger partial charge in [0.25, 0.3) is 5.91 Å². The van der Waals surface area contributed by atoms with Gasteiger partial charge in [-0.05, 0) is 23.6 Å². The highest BCUT2D eigenvalue weighted by atomic mass is 32.1. The van der Waals surface area contributed by atoms with Crippen molar-refractivity contribution in [2.75, 3.05) is 5.32 Å². The second-order valence-corrected chi connectivity index (χ2v) is 5.96. The summed E-state index contributed by atoms with van der Waals surface area (Å²) in [5, 5.41) is 10.5. The molecule has 23 heavy (non-hydrogen) atoms. The van der Waals surface area contributed by atoms with Crippen molar-refractivity contribution < 1.29 is 4.79 Å². The van der Waals surface area contributed by atoms with Crippen LogP contribution in [0.3, 0.4) is 0 Å². The summed E-state index contributed by atoms with van der Waals surface area (Å²) < 4.78 is 0. The maximum Gasteiger partial charge on any atom is 0.250 e. The lowest BCUT2D eigenvalue weighted by Crippen LogP contribution is -2.12. The average molecular weight is 319 g/mol. The summed E-state index contributed by atoms with van der Waals surface area (Å²) in [6.45, 7) is 0. The Morgan fingerprint density at radius 2 is 1.74 bits per heavy atom. The molecule has 1 amide bonds. The third-order valence-electron chi connectivity index (χ3n) is 3.77. The van der Waals surface area contributed by atoms with E-state index in [0.29, 0.717) is 11.1 Å². The second kappa shape index (κ2) is 5.37. The Hall–Kier alpha value is -2.92. The molecule has 0 aliphatic carbocycles. The number of hydrogen-bond acceptors (Lipinski definition) is 4. The van der Waals surface area contributed by atoms with Crippen molar-refractivity contribution in [3.63, 3.8) is 0 Å². The molecule has 0 bridgehead atoms. The van der Waals surface area contributed by atoms with Crippen LogP contribution in [0, 0.1) is 0 Å². The summed E-state index contributed by atoms with van der Waals surface area (Å²) in [4.78, 5) is 16.4. The van der Waals surface area contributed by atoms with Gasteiger partial charge in [0.15, 0.2) is 0 Å². The Morgan fingerprint density at radius 3 is 2.52 bits per heavy atom. The van der Waals surface area contributed by atoms with E-state index >= 15 is 0 Å². The van der Waals surface area contributed by atoms with Crippen LogP contribution in [0.25, 0.3) is 21.7 Å². The minimum absolute atomic E-state index is 0.437. The van der Waals surface area contributed by atoms with Crippen LogP contribution in [0.5, 0.6) is 0 Å². The predicted molar refractivity (Wildman–Crippen MR) is 95.4 cm³/mol. The van der Waals surface area contributed by atoms with Gasteiger partial charge in [0, 0.05) is 27.2 Å². The van der Waals surface area contributed by atoms with Crippen LogP contribution in [0.15, 0.2) is 59.3 Å². The molecule has 0 radical (unpaired) electrons. The average Bonchev–Trinajstić information content (AvgIpc) is 3.05. The molecular weight excluding hydrogens is 306 g/mol. The molecule has 0 aliphatic rings. The van der Waals surface area contributed by atoms with Crippen LogP contribution >= 0.6 is 11.3 Å². The number of para-hydroxylation sites is 2. The van der Waals surface area contributed by atoms with Gasteiger partial charge in [-0.1, -0.05) is 30.3 Å². The smallest absolute Gasteiger partial charge is 0.250 e. The maximum absolute atomic E-state index is 11.7. The number of nitrogens with two attached hydrogens (primary N) is 1. The van der Waals surface area contributed by atoms with Crippen LogP contribution < -0.4 is 11.1 Å². The predicted octanol–water partition coefficient (Wildman–Crippen LogP) is 4.29. The summed E-state index contributed by atoms with van der Waals surface area (Å²) in [5.74, 6) is 0.261. The van der Waals surface area contributed by atoms with Crippen molar-refractivity contribution in [1.29, 1.82) is 0 Å². The highest BCUT2D eigenvalue weighted by Gasteiger charge is 2.14. The van der Waals surface area contributed by atoms with Gasteiger partial charge in [-0.3, -0.25) is 4.79 Å². The molecule has 0 aliphatic heterocycles. The van der Waals surface area contributed by atoms with Gasteiger partial charge in [-0.15, -0.1) is 0 Å². The summed E-state index contributed by atoms with van der Waals surface area (Å²) in [6, 6.07) is 15.4. The lowest BCUT2D eigenvalue weighted by molar-refractivity contribution is 0.100. The third kappa shape index (κ3) is 2.31. The molecule has 5 heteroatoms. The van der Waals surface area contributed by atoms with Crippen molar-refractivity contribution in [2.45, 2.75) is 0 Å². The fourth-order valence-electron chi connectivity index (χ4n) is 2.69. The first-order valence-corrected chi connectivity index (χ1v) is 8.09. The molecule has 4 rings (SSSR count). The molecule has 0 fully saturated rings. The van der Waals surface area contributed by atoms with Crippen molar-refractivity contribution in [3.8, 4) is 0 Å². The van der Waals surface area contributed by atoms with E-state index in [-0.39, 0.29) is 0 Å². The topological polar surface area (TPSA) is 68.0 Å². The number of thiophene rings is 1. The van der Waals surface area contributed by atoms with Gasteiger partial charge in [-0.25, -0.2) is 4.98 Å². The number of aromatic nitrogens is 1. The summed E-state index contributed by atoms with van der Waals surface area (Å²) in [5.41, 5.74) is 7.52. The monoisotopic (exact) mass is 319 g/mol. The summed E-state index contributed by atoms with van der Waals surface area (Å²) in [7, 11) is 0. The summed E-state index contributed by atoms with van der Waals surface area (Å²) in [6.07, 6.45) is 0. The first kappa shape index (κ1) is 13.7. The van der Waals surface area contributed by atoms with Crippen molar-refractivity contribution >= 4 is 50.4 Å². The Labute approximate surface area is 136 Å². The molecule has 112 valence electrons. The number of carbonyl (C=O) groups is 1. The van der Waals surface area contributed by atoms with E-state index in [4.69, 9.17) is 5.73 Å². The van der Waals surface area contributed by atoms with Crippen LogP contribution in [-0.4, -0.2) is 10.9 Å². The number of benzene rings is 2. The van der Waals surface area contributed by atoms with Crippen LogP contribution in [-0.2, 0) is 0 Å². The number of anilines is 2. The molecule has 0 spiro atoms. The third-order valence-corrected chi connectivity index (χ3v) is 4.51. The molecule has 4 nitrogen and oxygen atoms in total. The molecule has 2 aromatic carbocycles. The van der Waals surface area contributed by atoms with Crippen LogP contribution in [0.4, 0.5) is 11.5 Å². The van der Waals surface area contributed by atoms with Crippen LogP contribution in [0.1, 0.15) is 10.4 Å². The standard InChI is InChI=1S/C18H13N3OS/c19-17(22)13-8-4-7-12-14-9-23-10-15(14)18(21-16(12)13)20-11-5-2-1-3-6-11/h1-10H,(H2,19,22)(H,20,21). The molecule has 0 atom stereocenters. The molecule has 0 unspecified atom stereocenters. The number of primary amides is 1. The van der Waals surface area contributed by atoms with Crippen molar-refractivity contribution in [1.82, 2.24) is 4.98 Å². The number of fused-ring (bicyclic) bond motifs is 3. The van der Waals surface area contributed by atoms with Gasteiger partial charge in [0.2, 0.25) is 0 Å². The number of rotatable bonds is 3. The van der Waals surface area contributed by atoms with Crippen molar-refractivity contribution in [2.24, 2.45) is 5.73 Å². The number of nitrogens with one attached hydrogen (secondary N) is 1. The van der Waals surface area contributed by atoms with Gasteiger partial charge < -0.3 is 11.1 Å². The number of nitrogens with zero attached hydrogens (tertiary/aromatic N) is 1. The Balaban J connectivity index is 2.00. The molecule has 0 saturated heterocycles. The Morgan fingerprint density at radius 1 is 0.957 bits per heavy atom. The highest BCUT2D eigenvalue weighted by molar-refractivity contribution is 7.09. The zero-order valence-corrected chi connectivity index (χ0v) is 12.9. The highest BCUT2D eigenvalue weighted by Crippen LogP contribution is 2.34. The fourth-order valence-corrected chi connectivity index (χ4v) is 3.53. The molecule has 2 aromatic heterocycles. The number of pyridine rings is 1. The van der Waals surface area contributed by atoms with E-state index in [2.05, 4.69) is 21.1 Å². The van der Waals surface area contributed by atoms with E-state index in [1.807, 2.05) is 42.5 Å². The lowest BCUT2D eigenvalue weighted by Gasteiger charge is -2.11. The molecule has 4 aromatic rings. The van der Waals surface area contributed by atoms with Crippen LogP contribution in [0.2, 0.25) is 0 Å². The molecule has 3 N–H and O–H groups in total. The molecule has 2 heterocycles. The second-order valence-electron chi connectivity index (χ2n) is 5.22. The Bertz CT molecular complexity index is 1020. The minimum atomic E-state index is -0.469.